The van der Waals surface area contributed by atoms with Crippen molar-refractivity contribution in [1.82, 2.24) is 4.31 Å². The molecule has 1 aliphatic heterocycles. The van der Waals surface area contributed by atoms with Gasteiger partial charge in [0.25, 0.3) is 15.9 Å². The van der Waals surface area contributed by atoms with Crippen LogP contribution >= 0.6 is 22.7 Å². The molecule has 1 unspecified atom stereocenters. The van der Waals surface area contributed by atoms with Crippen LogP contribution in [0.2, 0.25) is 0 Å². The van der Waals surface area contributed by atoms with E-state index in [1.807, 2.05) is 5.38 Å². The van der Waals surface area contributed by atoms with Crippen LogP contribution in [0.25, 0.3) is 0 Å². The molecule has 0 spiro atoms. The van der Waals surface area contributed by atoms with Crippen molar-refractivity contribution in [3.63, 3.8) is 0 Å². The van der Waals surface area contributed by atoms with E-state index in [1.54, 1.807) is 23.6 Å². The molecule has 3 aromatic rings. The minimum Gasteiger partial charge on any atom is -0.465 e. The predicted molar refractivity (Wildman–Crippen MR) is 120 cm³/mol. The number of esters is 1. The van der Waals surface area contributed by atoms with Gasteiger partial charge in [0.1, 0.15) is 10.3 Å². The molecule has 0 N–H and O–H groups in total. The monoisotopic (exact) mass is 490 g/mol. The zero-order valence-electron chi connectivity index (χ0n) is 16.8. The molecule has 3 heterocycles. The number of anilines is 1. The van der Waals surface area contributed by atoms with Crippen molar-refractivity contribution in [3.05, 3.63) is 69.7 Å². The van der Waals surface area contributed by atoms with Crippen molar-refractivity contribution in [2.75, 3.05) is 12.0 Å². The molecule has 8 nitrogen and oxygen atoms in total. The lowest BCUT2D eigenvalue weighted by atomic mass is 10.2. The minimum atomic E-state index is -4.00. The third-order valence-corrected chi connectivity index (χ3v) is 9.06. The molecule has 0 saturated carbocycles. The molecule has 1 aromatic carbocycles. The Kier molecular flexibility index (Phi) is 6.24. The van der Waals surface area contributed by atoms with E-state index in [9.17, 15) is 22.8 Å². The number of thiophene rings is 2. The smallest absolute Gasteiger partial charge is 0.337 e. The van der Waals surface area contributed by atoms with E-state index in [4.69, 9.17) is 0 Å². The molecule has 1 aliphatic rings. The number of sulfonamides is 1. The average molecular weight is 491 g/mol. The normalized spacial score (nSPS) is 16.7. The van der Waals surface area contributed by atoms with E-state index in [0.29, 0.717) is 0 Å². The van der Waals surface area contributed by atoms with Crippen LogP contribution < -0.4 is 4.90 Å². The van der Waals surface area contributed by atoms with Gasteiger partial charge in [0.2, 0.25) is 5.91 Å². The van der Waals surface area contributed by atoms with Crippen molar-refractivity contribution in [2.24, 2.45) is 0 Å². The number of hydrogen-bond donors (Lipinski definition) is 0. The first kappa shape index (κ1) is 22.3. The number of rotatable bonds is 7. The number of imide groups is 1. The van der Waals surface area contributed by atoms with E-state index < -0.39 is 33.8 Å². The van der Waals surface area contributed by atoms with Gasteiger partial charge in [-0.2, -0.15) is 4.31 Å². The zero-order chi connectivity index (χ0) is 22.9. The molecule has 4 rings (SSSR count). The molecule has 0 bridgehead atoms. The Balaban J connectivity index is 1.67. The predicted octanol–water partition coefficient (Wildman–Crippen LogP) is 3.12. The maximum Gasteiger partial charge on any atom is 0.337 e. The molecular formula is C21H18N2O6S3. The Morgan fingerprint density at radius 2 is 1.78 bits per heavy atom. The average Bonchev–Trinajstić information content (AvgIpc) is 3.54. The summed E-state index contributed by atoms with van der Waals surface area (Å²) in [5.74, 6) is -1.68. The van der Waals surface area contributed by atoms with Gasteiger partial charge in [-0.05, 0) is 47.2 Å². The summed E-state index contributed by atoms with van der Waals surface area (Å²) in [4.78, 5) is 39.5. The lowest BCUT2D eigenvalue weighted by molar-refractivity contribution is -0.122. The first-order chi connectivity index (χ1) is 15.3. The quantitative estimate of drug-likeness (QED) is 0.373. The minimum absolute atomic E-state index is 0.0172. The van der Waals surface area contributed by atoms with E-state index >= 15 is 0 Å². The maximum absolute atomic E-state index is 13.4. The van der Waals surface area contributed by atoms with Crippen LogP contribution in [0.15, 0.2) is 63.5 Å². The second kappa shape index (κ2) is 8.94. The SMILES string of the molecule is COC(=O)c1ccc(N2C(=O)CC(N(Cc3cccs3)S(=O)(=O)c3cccs3)C2=O)cc1. The van der Waals surface area contributed by atoms with Crippen LogP contribution in [0, 0.1) is 0 Å². The lowest BCUT2D eigenvalue weighted by Gasteiger charge is -2.25. The number of hydrogen-bond acceptors (Lipinski definition) is 8. The third-order valence-electron chi connectivity index (χ3n) is 4.97. The number of ether oxygens (including phenoxy) is 1. The van der Waals surface area contributed by atoms with E-state index in [0.717, 1.165) is 25.4 Å². The highest BCUT2D eigenvalue weighted by atomic mass is 32.2. The summed E-state index contributed by atoms with van der Waals surface area (Å²) in [5, 5.41) is 3.47. The molecule has 2 aromatic heterocycles. The van der Waals surface area contributed by atoms with Crippen LogP contribution in [0.4, 0.5) is 5.69 Å². The second-order valence-corrected chi connectivity index (χ2v) is 11.0. The molecule has 2 amide bonds. The molecule has 32 heavy (non-hydrogen) atoms. The summed E-state index contributed by atoms with van der Waals surface area (Å²) in [6.45, 7) is -0.0172. The summed E-state index contributed by atoms with van der Waals surface area (Å²) in [7, 11) is -2.75. The number of methoxy groups -OCH3 is 1. The van der Waals surface area contributed by atoms with Gasteiger partial charge in [0, 0.05) is 11.4 Å². The molecule has 11 heteroatoms. The number of carbonyl (C=O) groups is 3. The lowest BCUT2D eigenvalue weighted by Crippen LogP contribution is -2.44. The number of benzene rings is 1. The van der Waals surface area contributed by atoms with Crippen molar-refractivity contribution in [3.8, 4) is 0 Å². The molecule has 166 valence electrons. The van der Waals surface area contributed by atoms with Crippen molar-refractivity contribution in [2.45, 2.75) is 23.2 Å². The van der Waals surface area contributed by atoms with Crippen LogP contribution in [-0.4, -0.2) is 43.7 Å². The van der Waals surface area contributed by atoms with Gasteiger partial charge in [0.15, 0.2) is 0 Å². The highest BCUT2D eigenvalue weighted by molar-refractivity contribution is 7.91. The van der Waals surface area contributed by atoms with Crippen LogP contribution in [-0.2, 0) is 30.9 Å². The Labute approximate surface area is 192 Å². The highest BCUT2D eigenvalue weighted by Gasteiger charge is 2.47. The Morgan fingerprint density at radius 1 is 1.09 bits per heavy atom. The van der Waals surface area contributed by atoms with E-state index in [-0.39, 0.29) is 28.4 Å². The fourth-order valence-electron chi connectivity index (χ4n) is 3.42. The summed E-state index contributed by atoms with van der Waals surface area (Å²) < 4.78 is 32.6. The Hall–Kier alpha value is -2.86. The van der Waals surface area contributed by atoms with Gasteiger partial charge in [0.05, 0.1) is 24.8 Å². The van der Waals surface area contributed by atoms with Gasteiger partial charge in [-0.1, -0.05) is 12.1 Å². The maximum atomic E-state index is 13.4. The van der Waals surface area contributed by atoms with Gasteiger partial charge < -0.3 is 4.74 Å². The van der Waals surface area contributed by atoms with Crippen LogP contribution in [0.1, 0.15) is 21.7 Å². The largest absolute Gasteiger partial charge is 0.465 e. The van der Waals surface area contributed by atoms with Crippen molar-refractivity contribution < 1.29 is 27.5 Å². The summed E-state index contributed by atoms with van der Waals surface area (Å²) in [6.07, 6.45) is -0.270. The molecule has 1 saturated heterocycles. The van der Waals surface area contributed by atoms with Gasteiger partial charge >= 0.3 is 5.97 Å². The topological polar surface area (TPSA) is 101 Å². The summed E-state index contributed by atoms with van der Waals surface area (Å²) in [5.41, 5.74) is 0.534. The fourth-order valence-corrected chi connectivity index (χ4v) is 6.88. The zero-order valence-corrected chi connectivity index (χ0v) is 19.3. The summed E-state index contributed by atoms with van der Waals surface area (Å²) >= 11 is 2.43. The fraction of sp³-hybridized carbons (Fsp3) is 0.190. The molecule has 1 fully saturated rings. The van der Waals surface area contributed by atoms with Crippen LogP contribution in [0.3, 0.4) is 0 Å². The molecule has 0 radical (unpaired) electrons. The Bertz CT molecular complexity index is 1240. The highest BCUT2D eigenvalue weighted by Crippen LogP contribution is 2.32. The van der Waals surface area contributed by atoms with Gasteiger partial charge in [-0.15, -0.1) is 22.7 Å². The second-order valence-electron chi connectivity index (χ2n) is 6.89. The van der Waals surface area contributed by atoms with Crippen LogP contribution in [0.5, 0.6) is 0 Å². The first-order valence-electron chi connectivity index (χ1n) is 9.46. The van der Waals surface area contributed by atoms with E-state index in [1.165, 1.54) is 48.8 Å². The standard InChI is InChI=1S/C21H18N2O6S3/c1-29-21(26)14-6-8-15(9-7-14)23-18(24)12-17(20(23)25)22(13-16-4-2-10-30-16)32(27,28)19-5-3-11-31-19/h2-11,17H,12-13H2,1H3. The number of amides is 2. The van der Waals surface area contributed by atoms with Gasteiger partial charge in [-0.25, -0.2) is 18.1 Å². The molecule has 0 aliphatic carbocycles. The third kappa shape index (κ3) is 4.11. The Morgan fingerprint density at radius 3 is 2.38 bits per heavy atom. The van der Waals surface area contributed by atoms with E-state index in [2.05, 4.69) is 4.74 Å². The number of nitrogens with zero attached hydrogens (tertiary/aromatic N) is 2. The molecule has 1 atom stereocenters. The van der Waals surface area contributed by atoms with Crippen molar-refractivity contribution in [1.29, 1.82) is 0 Å². The van der Waals surface area contributed by atoms with Gasteiger partial charge in [-0.3, -0.25) is 9.59 Å². The number of carbonyl (C=O) groups excluding carboxylic acids is 3. The molecular weight excluding hydrogens is 472 g/mol. The summed E-state index contributed by atoms with van der Waals surface area (Å²) in [6, 6.07) is 11.3. The first-order valence-corrected chi connectivity index (χ1v) is 12.7. The van der Waals surface area contributed by atoms with Crippen molar-refractivity contribution >= 4 is 56.2 Å².